The molecule has 0 bridgehead atoms. The topological polar surface area (TPSA) is 65.6 Å². The molecule has 2 aromatic heterocycles. The van der Waals surface area contributed by atoms with E-state index in [9.17, 15) is 5.11 Å². The maximum Gasteiger partial charge on any atom is 0.196 e. The van der Waals surface area contributed by atoms with Gasteiger partial charge in [0.1, 0.15) is 17.4 Å². The van der Waals surface area contributed by atoms with Crippen LogP contribution in [0, 0.1) is 0 Å². The molecule has 0 amide bonds. The van der Waals surface area contributed by atoms with E-state index >= 15 is 0 Å². The number of fused-ring (bicyclic) bond motifs is 3. The van der Waals surface area contributed by atoms with Crippen LogP contribution in [0.2, 0.25) is 0 Å². The van der Waals surface area contributed by atoms with Crippen LogP contribution in [0.15, 0.2) is 65.3 Å². The van der Waals surface area contributed by atoms with Crippen molar-refractivity contribution in [3.05, 3.63) is 66.5 Å². The summed E-state index contributed by atoms with van der Waals surface area (Å²) in [5.41, 5.74) is 2.75. The van der Waals surface area contributed by atoms with Gasteiger partial charge in [0.2, 0.25) is 0 Å². The van der Waals surface area contributed by atoms with Crippen LogP contribution in [0.1, 0.15) is 12.0 Å². The second-order valence-corrected chi connectivity index (χ2v) is 8.00. The molecule has 6 heteroatoms. The third-order valence-electron chi connectivity index (χ3n) is 5.69. The highest BCUT2D eigenvalue weighted by molar-refractivity contribution is 6.05. The van der Waals surface area contributed by atoms with Crippen LogP contribution < -0.4 is 4.90 Å². The molecule has 1 N–H and O–H groups in total. The smallest absolute Gasteiger partial charge is 0.196 e. The number of hydrogen-bond acceptors (Lipinski definition) is 6. The van der Waals surface area contributed by atoms with Crippen LogP contribution >= 0.6 is 0 Å². The number of aliphatic hydroxyl groups is 1. The lowest BCUT2D eigenvalue weighted by Crippen LogP contribution is -2.44. The zero-order valence-electron chi connectivity index (χ0n) is 16.5. The fraction of sp³-hybridized carbons (Fsp3) is 0.304. The third-order valence-corrected chi connectivity index (χ3v) is 5.69. The van der Waals surface area contributed by atoms with Crippen LogP contribution in [0.3, 0.4) is 0 Å². The van der Waals surface area contributed by atoms with Gasteiger partial charge in [0.15, 0.2) is 11.4 Å². The Kier molecular flexibility index (Phi) is 4.45. The number of aromatic nitrogens is 2. The molecular weight excluding hydrogens is 364 g/mol. The molecule has 29 heavy (non-hydrogen) atoms. The molecule has 0 spiro atoms. The minimum atomic E-state index is -0.785. The number of likely N-dealkylation sites (tertiary alicyclic amines) is 1. The quantitative estimate of drug-likeness (QED) is 0.565. The Morgan fingerprint density at radius 3 is 2.76 bits per heavy atom. The lowest BCUT2D eigenvalue weighted by atomic mass is 10.0. The Labute approximate surface area is 169 Å². The Bertz CT molecular complexity index is 1140. The van der Waals surface area contributed by atoms with Crippen molar-refractivity contribution in [2.24, 2.45) is 0 Å². The molecule has 3 heterocycles. The van der Waals surface area contributed by atoms with Gasteiger partial charge in [-0.25, -0.2) is 9.97 Å². The van der Waals surface area contributed by atoms with E-state index in [2.05, 4.69) is 39.1 Å². The number of para-hydroxylation sites is 1. The molecule has 148 valence electrons. The number of β-amino-alcohol motifs (C(OH)–C–C–N with tert-alkyl or cyclic N) is 1. The molecule has 0 radical (unpaired) electrons. The summed E-state index contributed by atoms with van der Waals surface area (Å²) in [6, 6.07) is 18.3. The molecule has 0 saturated carbocycles. The maximum absolute atomic E-state index is 11.2. The molecular formula is C23H24N4O2. The summed E-state index contributed by atoms with van der Waals surface area (Å²) in [6.07, 6.45) is 2.30. The van der Waals surface area contributed by atoms with Crippen molar-refractivity contribution in [3.63, 3.8) is 0 Å². The Hall–Kier alpha value is -2.96. The number of anilines is 1. The first kappa shape index (κ1) is 18.1. The highest BCUT2D eigenvalue weighted by Crippen LogP contribution is 2.33. The zero-order valence-corrected chi connectivity index (χ0v) is 16.5. The van der Waals surface area contributed by atoms with E-state index in [0.717, 1.165) is 36.0 Å². The molecule has 4 aromatic rings. The molecule has 5 rings (SSSR count). The first-order valence-electron chi connectivity index (χ1n) is 9.93. The largest absolute Gasteiger partial charge is 0.450 e. The molecule has 1 atom stereocenters. The fourth-order valence-electron chi connectivity index (χ4n) is 4.35. The lowest BCUT2D eigenvalue weighted by Gasteiger charge is -2.29. The number of rotatable bonds is 5. The van der Waals surface area contributed by atoms with Gasteiger partial charge < -0.3 is 14.4 Å². The summed E-state index contributed by atoms with van der Waals surface area (Å²) in [4.78, 5) is 13.2. The van der Waals surface area contributed by atoms with Gasteiger partial charge in [-0.15, -0.1) is 0 Å². The van der Waals surface area contributed by atoms with E-state index in [1.807, 2.05) is 42.3 Å². The average molecular weight is 388 g/mol. The molecule has 6 nitrogen and oxygen atoms in total. The highest BCUT2D eigenvalue weighted by atomic mass is 16.3. The Morgan fingerprint density at radius 1 is 1.10 bits per heavy atom. The van der Waals surface area contributed by atoms with Gasteiger partial charge in [-0.3, -0.25) is 4.90 Å². The van der Waals surface area contributed by atoms with Crippen LogP contribution in [-0.2, 0) is 6.54 Å². The number of nitrogens with zero attached hydrogens (tertiary/aromatic N) is 4. The van der Waals surface area contributed by atoms with E-state index < -0.39 is 5.60 Å². The van der Waals surface area contributed by atoms with Crippen molar-refractivity contribution in [2.45, 2.75) is 18.6 Å². The average Bonchev–Trinajstić information content (AvgIpc) is 3.29. The van der Waals surface area contributed by atoms with Crippen LogP contribution in [0.5, 0.6) is 0 Å². The van der Waals surface area contributed by atoms with Gasteiger partial charge in [-0.05, 0) is 24.1 Å². The monoisotopic (exact) mass is 388 g/mol. The van der Waals surface area contributed by atoms with Crippen molar-refractivity contribution in [1.29, 1.82) is 0 Å². The summed E-state index contributed by atoms with van der Waals surface area (Å²) < 4.78 is 6.04. The summed E-state index contributed by atoms with van der Waals surface area (Å²) in [7, 11) is 1.95. The minimum absolute atomic E-state index is 0.488. The Balaban J connectivity index is 1.36. The van der Waals surface area contributed by atoms with Gasteiger partial charge in [-0.1, -0.05) is 42.5 Å². The first-order valence-corrected chi connectivity index (χ1v) is 9.93. The van der Waals surface area contributed by atoms with Crippen molar-refractivity contribution >= 4 is 27.9 Å². The van der Waals surface area contributed by atoms with Crippen molar-refractivity contribution in [1.82, 2.24) is 14.9 Å². The maximum atomic E-state index is 11.2. The molecule has 1 fully saturated rings. The van der Waals surface area contributed by atoms with Crippen LogP contribution in [-0.4, -0.2) is 52.3 Å². The zero-order chi connectivity index (χ0) is 19.8. The summed E-state index contributed by atoms with van der Waals surface area (Å²) >= 11 is 0. The molecule has 0 aliphatic carbocycles. The second-order valence-electron chi connectivity index (χ2n) is 8.00. The molecule has 1 aliphatic rings. The number of furan rings is 1. The van der Waals surface area contributed by atoms with Crippen molar-refractivity contribution < 1.29 is 9.52 Å². The number of likely N-dealkylation sites (N-methyl/N-ethyl adjacent to an activating group) is 1. The van der Waals surface area contributed by atoms with Gasteiger partial charge in [0, 0.05) is 38.6 Å². The van der Waals surface area contributed by atoms with E-state index in [1.165, 1.54) is 5.56 Å². The second kappa shape index (κ2) is 7.13. The summed E-state index contributed by atoms with van der Waals surface area (Å²) in [5, 5.41) is 12.2. The highest BCUT2D eigenvalue weighted by Gasteiger charge is 2.37. The molecule has 1 aliphatic heterocycles. The van der Waals surface area contributed by atoms with Crippen molar-refractivity contribution in [3.8, 4) is 0 Å². The fourth-order valence-corrected chi connectivity index (χ4v) is 4.35. The van der Waals surface area contributed by atoms with E-state index in [-0.39, 0.29) is 0 Å². The minimum Gasteiger partial charge on any atom is -0.450 e. The molecule has 1 saturated heterocycles. The lowest BCUT2D eigenvalue weighted by molar-refractivity contribution is 0.0561. The first-order chi connectivity index (χ1) is 14.1. The van der Waals surface area contributed by atoms with Gasteiger partial charge in [0.05, 0.1) is 5.60 Å². The Morgan fingerprint density at radius 2 is 1.90 bits per heavy atom. The van der Waals surface area contributed by atoms with Crippen LogP contribution in [0.25, 0.3) is 22.1 Å². The van der Waals surface area contributed by atoms with E-state index in [1.54, 1.807) is 6.33 Å². The standard InChI is InChI=1S/C23H24N4O2/c1-26(14-23(28)11-12-27(15-23)13-17-7-3-2-4-8-17)22-21-20(24-16-25-22)18-9-5-6-10-19(18)29-21/h2-10,16,28H,11-15H2,1H3. The van der Waals surface area contributed by atoms with Gasteiger partial charge in [-0.2, -0.15) is 0 Å². The van der Waals surface area contributed by atoms with Crippen molar-refractivity contribution in [2.75, 3.05) is 31.6 Å². The normalized spacial score (nSPS) is 19.9. The van der Waals surface area contributed by atoms with Gasteiger partial charge in [0.25, 0.3) is 0 Å². The summed E-state index contributed by atoms with van der Waals surface area (Å²) in [5.74, 6) is 0.709. The predicted molar refractivity (Wildman–Crippen MR) is 114 cm³/mol. The van der Waals surface area contributed by atoms with E-state index in [4.69, 9.17) is 4.42 Å². The summed E-state index contributed by atoms with van der Waals surface area (Å²) in [6.45, 7) is 2.86. The number of benzene rings is 2. The van der Waals surface area contributed by atoms with E-state index in [0.29, 0.717) is 24.5 Å². The predicted octanol–water partition coefficient (Wildman–Crippen LogP) is 3.45. The number of hydrogen-bond donors (Lipinski definition) is 1. The molecule has 1 unspecified atom stereocenters. The third kappa shape index (κ3) is 3.45. The molecule has 2 aromatic carbocycles. The van der Waals surface area contributed by atoms with Crippen LogP contribution in [0.4, 0.5) is 5.82 Å². The van der Waals surface area contributed by atoms with Gasteiger partial charge >= 0.3 is 0 Å². The SMILES string of the molecule is CN(CC1(O)CCN(Cc2ccccc2)C1)c1ncnc2c1oc1ccccc12.